The number of aryl methyl sites for hydroxylation is 1. The van der Waals surface area contributed by atoms with E-state index in [1.54, 1.807) is 4.90 Å². The maximum Gasteiger partial charge on any atom is 0.264 e. The van der Waals surface area contributed by atoms with Gasteiger partial charge in [0.05, 0.1) is 18.2 Å². The number of amides is 1. The van der Waals surface area contributed by atoms with Gasteiger partial charge in [-0.3, -0.25) is 9.59 Å². The van der Waals surface area contributed by atoms with E-state index in [9.17, 15) is 9.59 Å². The molecule has 1 fully saturated rings. The van der Waals surface area contributed by atoms with Gasteiger partial charge in [0.2, 0.25) is 0 Å². The van der Waals surface area contributed by atoms with Crippen molar-refractivity contribution >= 4 is 17.2 Å². The number of aromatic amines is 1. The summed E-state index contributed by atoms with van der Waals surface area (Å²) in [6.07, 6.45) is 1.35. The maximum absolute atomic E-state index is 12.8. The van der Waals surface area contributed by atoms with E-state index in [4.69, 9.17) is 4.74 Å². The lowest BCUT2D eigenvalue weighted by Gasteiger charge is -2.25. The van der Waals surface area contributed by atoms with Crippen LogP contribution in [-0.2, 0) is 4.74 Å². The Bertz CT molecular complexity index is 832. The van der Waals surface area contributed by atoms with Gasteiger partial charge in [-0.25, -0.2) is 9.97 Å². The number of hydrogen-bond donors (Lipinski definition) is 1. The number of rotatable bonds is 4. The fourth-order valence-corrected chi connectivity index (χ4v) is 3.61. The zero-order chi connectivity index (χ0) is 18.7. The van der Waals surface area contributed by atoms with E-state index in [0.717, 1.165) is 11.6 Å². The number of hydrogen-bond acceptors (Lipinski definition) is 7. The van der Waals surface area contributed by atoms with Crippen LogP contribution in [0.1, 0.15) is 15.4 Å². The third-order valence-electron chi connectivity index (χ3n) is 4.14. The van der Waals surface area contributed by atoms with Gasteiger partial charge in [-0.2, -0.15) is 0 Å². The van der Waals surface area contributed by atoms with Crippen LogP contribution < -0.4 is 5.56 Å². The zero-order valence-corrected chi connectivity index (χ0v) is 16.0. The standard InChI is InChI=1S/C17H23N5O3S/c1-11-19-14(10-26-11)15-18-6-13(16(23)20-15)17(24)22-4-5-25-9-12(8-22)7-21(2)3/h6,10,12H,4-5,7-9H2,1-3H3,(H,18,20,23). The van der Waals surface area contributed by atoms with Gasteiger partial charge in [0.25, 0.3) is 11.5 Å². The van der Waals surface area contributed by atoms with E-state index in [1.165, 1.54) is 17.5 Å². The number of nitrogens with one attached hydrogen (secondary N) is 1. The Morgan fingerprint density at radius 2 is 2.31 bits per heavy atom. The van der Waals surface area contributed by atoms with Gasteiger partial charge in [-0.05, 0) is 21.0 Å². The van der Waals surface area contributed by atoms with Gasteiger partial charge in [-0.15, -0.1) is 11.3 Å². The van der Waals surface area contributed by atoms with Crippen LogP contribution in [0.3, 0.4) is 0 Å². The molecule has 1 aliphatic heterocycles. The first kappa shape index (κ1) is 18.7. The van der Waals surface area contributed by atoms with Crippen LogP contribution >= 0.6 is 11.3 Å². The van der Waals surface area contributed by atoms with Crippen molar-refractivity contribution in [1.82, 2.24) is 24.8 Å². The fraction of sp³-hybridized carbons (Fsp3) is 0.529. The minimum Gasteiger partial charge on any atom is -0.379 e. The molecule has 2 aromatic rings. The summed E-state index contributed by atoms with van der Waals surface area (Å²) in [7, 11) is 3.98. The summed E-state index contributed by atoms with van der Waals surface area (Å²) in [4.78, 5) is 40.2. The van der Waals surface area contributed by atoms with E-state index >= 15 is 0 Å². The van der Waals surface area contributed by atoms with Crippen molar-refractivity contribution in [3.05, 3.63) is 32.5 Å². The summed E-state index contributed by atoms with van der Waals surface area (Å²) in [6.45, 7) is 4.81. The molecule has 1 N–H and O–H groups in total. The predicted molar refractivity (Wildman–Crippen MR) is 99.5 cm³/mol. The van der Waals surface area contributed by atoms with Crippen LogP contribution in [0, 0.1) is 12.8 Å². The van der Waals surface area contributed by atoms with Crippen LogP contribution in [0.5, 0.6) is 0 Å². The second-order valence-corrected chi connectivity index (χ2v) is 7.74. The van der Waals surface area contributed by atoms with Gasteiger partial charge in [0.1, 0.15) is 11.3 Å². The van der Waals surface area contributed by atoms with Gasteiger partial charge in [-0.1, -0.05) is 0 Å². The molecule has 0 saturated carbocycles. The first-order valence-corrected chi connectivity index (χ1v) is 9.35. The number of thiazole rings is 1. The van der Waals surface area contributed by atoms with E-state index < -0.39 is 5.56 Å². The summed E-state index contributed by atoms with van der Waals surface area (Å²) in [5.41, 5.74) is 0.212. The third kappa shape index (κ3) is 4.35. The SMILES string of the molecule is Cc1nc(-c2ncc(C(=O)N3CCOCC(CN(C)C)C3)c(=O)[nH]2)cs1. The molecule has 1 atom stereocenters. The highest BCUT2D eigenvalue weighted by Gasteiger charge is 2.26. The second kappa shape index (κ2) is 8.07. The number of ether oxygens (including phenoxy) is 1. The van der Waals surface area contributed by atoms with Gasteiger partial charge in [0, 0.05) is 37.1 Å². The molecule has 140 valence electrons. The second-order valence-electron chi connectivity index (χ2n) is 6.68. The van der Waals surface area contributed by atoms with Crippen molar-refractivity contribution < 1.29 is 9.53 Å². The fourth-order valence-electron chi connectivity index (χ4n) is 3.01. The minimum absolute atomic E-state index is 0.0474. The van der Waals surface area contributed by atoms with Crippen molar-refractivity contribution in [2.75, 3.05) is 46.9 Å². The number of nitrogens with zero attached hydrogens (tertiary/aromatic N) is 4. The lowest BCUT2D eigenvalue weighted by Crippen LogP contribution is -2.40. The molecule has 1 amide bonds. The molecule has 9 heteroatoms. The molecule has 0 bridgehead atoms. The van der Waals surface area contributed by atoms with Crippen molar-refractivity contribution in [2.24, 2.45) is 5.92 Å². The monoisotopic (exact) mass is 377 g/mol. The van der Waals surface area contributed by atoms with E-state index in [0.29, 0.717) is 37.8 Å². The topological polar surface area (TPSA) is 91.4 Å². The van der Waals surface area contributed by atoms with Crippen LogP contribution in [0.4, 0.5) is 0 Å². The van der Waals surface area contributed by atoms with Crippen LogP contribution in [0.15, 0.2) is 16.4 Å². The summed E-state index contributed by atoms with van der Waals surface area (Å²) < 4.78 is 5.60. The summed E-state index contributed by atoms with van der Waals surface area (Å²) in [5, 5.41) is 2.71. The smallest absolute Gasteiger partial charge is 0.264 e. The summed E-state index contributed by atoms with van der Waals surface area (Å²) >= 11 is 1.48. The summed E-state index contributed by atoms with van der Waals surface area (Å²) in [6, 6.07) is 0. The molecule has 1 saturated heterocycles. The third-order valence-corrected chi connectivity index (χ3v) is 4.91. The Kier molecular flexibility index (Phi) is 5.80. The lowest BCUT2D eigenvalue weighted by atomic mass is 10.1. The first-order valence-electron chi connectivity index (χ1n) is 8.47. The van der Waals surface area contributed by atoms with Crippen molar-refractivity contribution in [1.29, 1.82) is 0 Å². The molecule has 0 aliphatic carbocycles. The molecule has 1 unspecified atom stereocenters. The first-order chi connectivity index (χ1) is 12.4. The molecule has 26 heavy (non-hydrogen) atoms. The Morgan fingerprint density at radius 1 is 1.50 bits per heavy atom. The zero-order valence-electron chi connectivity index (χ0n) is 15.2. The molecular formula is C17H23N5O3S. The maximum atomic E-state index is 12.8. The highest BCUT2D eigenvalue weighted by Crippen LogP contribution is 2.17. The minimum atomic E-state index is -0.444. The van der Waals surface area contributed by atoms with Crippen molar-refractivity contribution in [3.8, 4) is 11.5 Å². The number of H-pyrrole nitrogens is 1. The Balaban J connectivity index is 1.79. The average Bonchev–Trinajstić information content (AvgIpc) is 2.89. The number of aromatic nitrogens is 3. The quantitative estimate of drug-likeness (QED) is 0.849. The number of carbonyl (C=O) groups is 1. The Morgan fingerprint density at radius 3 is 2.96 bits per heavy atom. The van der Waals surface area contributed by atoms with Crippen LogP contribution in [0.25, 0.3) is 11.5 Å². The molecule has 0 spiro atoms. The van der Waals surface area contributed by atoms with Crippen molar-refractivity contribution in [3.63, 3.8) is 0 Å². The van der Waals surface area contributed by atoms with Crippen LogP contribution in [-0.4, -0.2) is 77.6 Å². The van der Waals surface area contributed by atoms with E-state index in [2.05, 4.69) is 19.9 Å². The predicted octanol–water partition coefficient (Wildman–Crippen LogP) is 0.852. The van der Waals surface area contributed by atoms with Gasteiger partial charge < -0.3 is 19.5 Å². The Labute approximate surface area is 155 Å². The molecule has 0 radical (unpaired) electrons. The van der Waals surface area contributed by atoms with Crippen LogP contribution in [0.2, 0.25) is 0 Å². The normalized spacial score (nSPS) is 18.2. The lowest BCUT2D eigenvalue weighted by molar-refractivity contribution is 0.0732. The molecule has 1 aliphatic rings. The summed E-state index contributed by atoms with van der Waals surface area (Å²) in [5.74, 6) is 0.273. The molecule has 3 heterocycles. The molecule has 0 aromatic carbocycles. The van der Waals surface area contributed by atoms with Gasteiger partial charge >= 0.3 is 0 Å². The average molecular weight is 377 g/mol. The molecule has 2 aromatic heterocycles. The Hall–Kier alpha value is -2.10. The van der Waals surface area contributed by atoms with E-state index in [1.807, 2.05) is 26.4 Å². The largest absolute Gasteiger partial charge is 0.379 e. The van der Waals surface area contributed by atoms with Gasteiger partial charge in [0.15, 0.2) is 5.82 Å². The molecule has 8 nitrogen and oxygen atoms in total. The van der Waals surface area contributed by atoms with E-state index in [-0.39, 0.29) is 17.4 Å². The molecule has 3 rings (SSSR count). The highest BCUT2D eigenvalue weighted by molar-refractivity contribution is 7.09. The molecular weight excluding hydrogens is 354 g/mol. The van der Waals surface area contributed by atoms with Crippen molar-refractivity contribution in [2.45, 2.75) is 6.92 Å². The highest BCUT2D eigenvalue weighted by atomic mass is 32.1. The number of carbonyl (C=O) groups excluding carboxylic acids is 1.